The SMILES string of the molecule is CCNC(=NCC(O)c1ccc(Cl)cc1)NCCc1ncc(CC)s1. The van der Waals surface area contributed by atoms with Crippen LogP contribution in [0.25, 0.3) is 0 Å². The van der Waals surface area contributed by atoms with Crippen LogP contribution in [-0.4, -0.2) is 35.7 Å². The van der Waals surface area contributed by atoms with Crippen molar-refractivity contribution in [2.45, 2.75) is 32.8 Å². The number of hydrogen-bond acceptors (Lipinski definition) is 4. The number of aliphatic hydroxyl groups excluding tert-OH is 1. The molecule has 1 unspecified atom stereocenters. The summed E-state index contributed by atoms with van der Waals surface area (Å²) in [7, 11) is 0. The number of aromatic nitrogens is 1. The van der Waals surface area contributed by atoms with E-state index < -0.39 is 6.10 Å². The Balaban J connectivity index is 1.85. The van der Waals surface area contributed by atoms with Crippen LogP contribution >= 0.6 is 22.9 Å². The molecule has 0 saturated carbocycles. The smallest absolute Gasteiger partial charge is 0.191 e. The second-order valence-electron chi connectivity index (χ2n) is 5.54. The summed E-state index contributed by atoms with van der Waals surface area (Å²) in [5, 5.41) is 18.5. The first-order valence-electron chi connectivity index (χ1n) is 8.51. The summed E-state index contributed by atoms with van der Waals surface area (Å²) in [6, 6.07) is 7.17. The van der Waals surface area contributed by atoms with Gasteiger partial charge in [0.25, 0.3) is 0 Å². The number of aliphatic imine (C=N–C) groups is 1. The van der Waals surface area contributed by atoms with Crippen LogP contribution in [0, 0.1) is 0 Å². The van der Waals surface area contributed by atoms with E-state index in [0.29, 0.717) is 11.0 Å². The number of guanidine groups is 1. The van der Waals surface area contributed by atoms with Crippen LogP contribution in [0.3, 0.4) is 0 Å². The normalized spacial score (nSPS) is 12.9. The van der Waals surface area contributed by atoms with Crippen molar-refractivity contribution in [1.29, 1.82) is 0 Å². The zero-order valence-electron chi connectivity index (χ0n) is 14.6. The Labute approximate surface area is 158 Å². The van der Waals surface area contributed by atoms with Gasteiger partial charge in [-0.05, 0) is 31.0 Å². The quantitative estimate of drug-likeness (QED) is 0.486. The minimum absolute atomic E-state index is 0.286. The highest BCUT2D eigenvalue weighted by Gasteiger charge is 2.08. The van der Waals surface area contributed by atoms with Crippen molar-refractivity contribution in [3.63, 3.8) is 0 Å². The van der Waals surface area contributed by atoms with Crippen LogP contribution in [-0.2, 0) is 12.8 Å². The van der Waals surface area contributed by atoms with Crippen LogP contribution in [0.2, 0.25) is 5.02 Å². The second kappa shape index (κ2) is 10.4. The van der Waals surface area contributed by atoms with Crippen LogP contribution in [0.1, 0.15) is 35.4 Å². The Morgan fingerprint density at radius 1 is 1.28 bits per heavy atom. The molecule has 2 rings (SSSR count). The fourth-order valence-electron chi connectivity index (χ4n) is 2.22. The van der Waals surface area contributed by atoms with Gasteiger partial charge in [0.1, 0.15) is 0 Å². The average Bonchev–Trinajstić information content (AvgIpc) is 3.08. The molecule has 1 aromatic carbocycles. The number of thiazole rings is 1. The summed E-state index contributed by atoms with van der Waals surface area (Å²) < 4.78 is 0. The van der Waals surface area contributed by atoms with Crippen molar-refractivity contribution >= 4 is 28.9 Å². The molecule has 0 spiro atoms. The van der Waals surface area contributed by atoms with E-state index in [1.54, 1.807) is 23.5 Å². The lowest BCUT2D eigenvalue weighted by Crippen LogP contribution is -2.38. The molecule has 0 bridgehead atoms. The van der Waals surface area contributed by atoms with Crippen LogP contribution in [0.4, 0.5) is 0 Å². The molecule has 25 heavy (non-hydrogen) atoms. The topological polar surface area (TPSA) is 69.5 Å². The van der Waals surface area contributed by atoms with Crippen LogP contribution in [0.5, 0.6) is 0 Å². The lowest BCUT2D eigenvalue weighted by molar-refractivity contribution is 0.187. The maximum absolute atomic E-state index is 10.2. The first kappa shape index (κ1) is 19.7. The summed E-state index contributed by atoms with van der Waals surface area (Å²) in [5.41, 5.74) is 0.805. The molecule has 0 aliphatic heterocycles. The predicted octanol–water partition coefficient (Wildman–Crippen LogP) is 3.19. The molecular weight excluding hydrogens is 356 g/mol. The largest absolute Gasteiger partial charge is 0.386 e. The molecule has 0 saturated heterocycles. The van der Waals surface area contributed by atoms with Crippen LogP contribution < -0.4 is 10.6 Å². The van der Waals surface area contributed by atoms with E-state index in [0.717, 1.165) is 36.5 Å². The van der Waals surface area contributed by atoms with Crippen molar-refractivity contribution in [3.05, 3.63) is 50.9 Å². The van der Waals surface area contributed by atoms with Gasteiger partial charge in [-0.3, -0.25) is 4.99 Å². The van der Waals surface area contributed by atoms with Gasteiger partial charge in [0.05, 0.1) is 17.7 Å². The van der Waals surface area contributed by atoms with E-state index in [1.807, 2.05) is 25.3 Å². The van der Waals surface area contributed by atoms with Crippen molar-refractivity contribution in [1.82, 2.24) is 15.6 Å². The molecule has 136 valence electrons. The third kappa shape index (κ3) is 6.65. The number of nitrogens with zero attached hydrogens (tertiary/aromatic N) is 2. The maximum Gasteiger partial charge on any atom is 0.191 e. The lowest BCUT2D eigenvalue weighted by atomic mass is 10.1. The van der Waals surface area contributed by atoms with Crippen molar-refractivity contribution in [2.75, 3.05) is 19.6 Å². The van der Waals surface area contributed by atoms with Gasteiger partial charge in [0.2, 0.25) is 0 Å². The molecule has 3 N–H and O–H groups in total. The standard InChI is InChI=1S/C18H25ClN4OS/c1-3-15-11-22-17(25-15)9-10-21-18(20-4-2)23-12-16(24)13-5-7-14(19)8-6-13/h5-8,11,16,24H,3-4,9-10,12H2,1-2H3,(H2,20,21,23). The zero-order chi connectivity index (χ0) is 18.1. The van der Waals surface area contributed by atoms with Crippen molar-refractivity contribution < 1.29 is 5.11 Å². The van der Waals surface area contributed by atoms with Gasteiger partial charge in [-0.2, -0.15) is 0 Å². The molecule has 0 aliphatic rings. The molecule has 2 aromatic rings. The van der Waals surface area contributed by atoms with Gasteiger partial charge < -0.3 is 15.7 Å². The summed E-state index contributed by atoms with van der Waals surface area (Å²) in [5.74, 6) is 0.697. The Kier molecular flexibility index (Phi) is 8.18. The molecule has 1 aromatic heterocycles. The summed E-state index contributed by atoms with van der Waals surface area (Å²) in [4.78, 5) is 10.2. The lowest BCUT2D eigenvalue weighted by Gasteiger charge is -2.13. The number of aliphatic hydroxyl groups is 1. The summed E-state index contributed by atoms with van der Waals surface area (Å²) in [6.45, 7) is 5.95. The zero-order valence-corrected chi connectivity index (χ0v) is 16.2. The summed E-state index contributed by atoms with van der Waals surface area (Å²) >= 11 is 7.62. The van der Waals surface area contributed by atoms with Gasteiger partial charge in [-0.1, -0.05) is 30.7 Å². The van der Waals surface area contributed by atoms with E-state index in [4.69, 9.17) is 11.6 Å². The molecule has 1 atom stereocenters. The Hall–Kier alpha value is -1.63. The highest BCUT2D eigenvalue weighted by Crippen LogP contribution is 2.16. The summed E-state index contributed by atoms with van der Waals surface area (Å²) in [6.07, 6.45) is 3.17. The molecule has 5 nitrogen and oxygen atoms in total. The van der Waals surface area contributed by atoms with Gasteiger partial charge in [-0.15, -0.1) is 11.3 Å². The first-order chi connectivity index (χ1) is 12.1. The molecule has 7 heteroatoms. The first-order valence-corrected chi connectivity index (χ1v) is 9.71. The van der Waals surface area contributed by atoms with Gasteiger partial charge in [0, 0.05) is 35.6 Å². The monoisotopic (exact) mass is 380 g/mol. The van der Waals surface area contributed by atoms with Gasteiger partial charge in [0.15, 0.2) is 5.96 Å². The third-order valence-electron chi connectivity index (χ3n) is 3.60. The molecule has 0 fully saturated rings. The van der Waals surface area contributed by atoms with E-state index in [-0.39, 0.29) is 6.54 Å². The molecular formula is C18H25ClN4OS. The van der Waals surface area contributed by atoms with E-state index in [2.05, 4.69) is 27.5 Å². The second-order valence-corrected chi connectivity index (χ2v) is 7.17. The van der Waals surface area contributed by atoms with Crippen molar-refractivity contribution in [3.8, 4) is 0 Å². The minimum Gasteiger partial charge on any atom is -0.386 e. The Morgan fingerprint density at radius 2 is 2.04 bits per heavy atom. The van der Waals surface area contributed by atoms with Crippen molar-refractivity contribution in [2.24, 2.45) is 4.99 Å². The average molecular weight is 381 g/mol. The third-order valence-corrected chi connectivity index (χ3v) is 5.06. The number of aryl methyl sites for hydroxylation is 1. The number of halogens is 1. The van der Waals surface area contributed by atoms with Crippen LogP contribution in [0.15, 0.2) is 35.5 Å². The molecule has 1 heterocycles. The fourth-order valence-corrected chi connectivity index (χ4v) is 3.21. The van der Waals surface area contributed by atoms with E-state index >= 15 is 0 Å². The van der Waals surface area contributed by atoms with E-state index in [9.17, 15) is 5.11 Å². The highest BCUT2D eigenvalue weighted by atomic mass is 35.5. The Morgan fingerprint density at radius 3 is 2.68 bits per heavy atom. The molecule has 0 amide bonds. The van der Waals surface area contributed by atoms with Gasteiger partial charge >= 0.3 is 0 Å². The van der Waals surface area contributed by atoms with E-state index in [1.165, 1.54) is 4.88 Å². The minimum atomic E-state index is -0.654. The molecule has 0 aliphatic carbocycles. The Bertz CT molecular complexity index is 672. The number of rotatable bonds is 8. The fraction of sp³-hybridized carbons (Fsp3) is 0.444. The number of hydrogen-bond donors (Lipinski definition) is 3. The number of nitrogens with one attached hydrogen (secondary N) is 2. The highest BCUT2D eigenvalue weighted by molar-refractivity contribution is 7.11. The predicted molar refractivity (Wildman–Crippen MR) is 106 cm³/mol. The maximum atomic E-state index is 10.2. The van der Waals surface area contributed by atoms with Gasteiger partial charge in [-0.25, -0.2) is 4.98 Å². The number of benzene rings is 1. The molecule has 0 radical (unpaired) electrons.